The number of hydrogen-bond donors (Lipinski definition) is 0. The number of benzene rings is 2. The number of fused-ring (bicyclic) bond motifs is 3. The Morgan fingerprint density at radius 1 is 1.00 bits per heavy atom. The number of para-hydroxylation sites is 1. The minimum atomic E-state index is 0.832. The SMILES string of the molecule is Cc1c(Cl)ccc2c3ccccc3n(C)c12. The molecule has 0 N–H and O–H groups in total. The zero-order valence-corrected chi connectivity index (χ0v) is 10.0. The Labute approximate surface area is 99.2 Å². The predicted molar refractivity (Wildman–Crippen MR) is 70.2 cm³/mol. The summed E-state index contributed by atoms with van der Waals surface area (Å²) in [6.07, 6.45) is 0. The van der Waals surface area contributed by atoms with Gasteiger partial charge in [-0.15, -0.1) is 0 Å². The molecule has 0 saturated heterocycles. The van der Waals surface area contributed by atoms with E-state index in [1.807, 2.05) is 6.07 Å². The average molecular weight is 230 g/mol. The molecule has 2 heteroatoms. The van der Waals surface area contributed by atoms with Gasteiger partial charge in [0.25, 0.3) is 0 Å². The van der Waals surface area contributed by atoms with Crippen molar-refractivity contribution in [3.05, 3.63) is 47.0 Å². The van der Waals surface area contributed by atoms with Crippen LogP contribution in [0, 0.1) is 6.92 Å². The predicted octanol–water partition coefficient (Wildman–Crippen LogP) is 4.29. The second-order valence-electron chi connectivity index (χ2n) is 4.14. The fourth-order valence-electron chi connectivity index (χ4n) is 2.44. The fraction of sp³-hybridized carbons (Fsp3) is 0.143. The second-order valence-corrected chi connectivity index (χ2v) is 4.55. The van der Waals surface area contributed by atoms with Gasteiger partial charge in [-0.05, 0) is 24.6 Å². The van der Waals surface area contributed by atoms with Gasteiger partial charge in [-0.25, -0.2) is 0 Å². The topological polar surface area (TPSA) is 4.93 Å². The van der Waals surface area contributed by atoms with Gasteiger partial charge < -0.3 is 4.57 Å². The summed E-state index contributed by atoms with van der Waals surface area (Å²) in [6, 6.07) is 12.5. The molecule has 3 rings (SSSR count). The third-order valence-electron chi connectivity index (χ3n) is 3.26. The van der Waals surface area contributed by atoms with E-state index >= 15 is 0 Å². The first-order valence-electron chi connectivity index (χ1n) is 5.32. The van der Waals surface area contributed by atoms with Gasteiger partial charge in [-0.3, -0.25) is 0 Å². The molecule has 1 nitrogen and oxygen atoms in total. The molecule has 0 atom stereocenters. The molecule has 0 fully saturated rings. The summed E-state index contributed by atoms with van der Waals surface area (Å²) in [7, 11) is 2.09. The van der Waals surface area contributed by atoms with Crippen LogP contribution in [0.15, 0.2) is 36.4 Å². The van der Waals surface area contributed by atoms with Crippen LogP contribution >= 0.6 is 11.6 Å². The lowest BCUT2D eigenvalue weighted by molar-refractivity contribution is 1.01. The van der Waals surface area contributed by atoms with Crippen LogP contribution in [0.3, 0.4) is 0 Å². The highest BCUT2D eigenvalue weighted by atomic mass is 35.5. The fourth-order valence-corrected chi connectivity index (χ4v) is 2.59. The zero-order chi connectivity index (χ0) is 11.3. The summed E-state index contributed by atoms with van der Waals surface area (Å²) < 4.78 is 2.21. The van der Waals surface area contributed by atoms with Crippen LogP contribution in [0.2, 0.25) is 5.02 Å². The monoisotopic (exact) mass is 229 g/mol. The summed E-state index contributed by atoms with van der Waals surface area (Å²) in [4.78, 5) is 0. The molecule has 0 radical (unpaired) electrons. The lowest BCUT2D eigenvalue weighted by Crippen LogP contribution is -1.89. The smallest absolute Gasteiger partial charge is 0.0533 e. The quantitative estimate of drug-likeness (QED) is 0.542. The van der Waals surface area contributed by atoms with E-state index in [2.05, 4.69) is 48.9 Å². The maximum Gasteiger partial charge on any atom is 0.0533 e. The van der Waals surface area contributed by atoms with Crippen LogP contribution in [0.25, 0.3) is 21.8 Å². The van der Waals surface area contributed by atoms with Crippen molar-refractivity contribution in [2.45, 2.75) is 6.92 Å². The van der Waals surface area contributed by atoms with Gasteiger partial charge in [0.05, 0.1) is 5.52 Å². The first-order valence-corrected chi connectivity index (χ1v) is 5.70. The molecular formula is C14H12ClN. The number of hydrogen-bond acceptors (Lipinski definition) is 0. The van der Waals surface area contributed by atoms with E-state index < -0.39 is 0 Å². The summed E-state index contributed by atoms with van der Waals surface area (Å²) in [6.45, 7) is 2.07. The lowest BCUT2D eigenvalue weighted by Gasteiger charge is -2.03. The highest BCUT2D eigenvalue weighted by molar-refractivity contribution is 6.32. The van der Waals surface area contributed by atoms with Crippen molar-refractivity contribution in [2.75, 3.05) is 0 Å². The average Bonchev–Trinajstić information content (AvgIpc) is 2.59. The Balaban J connectivity index is 2.67. The van der Waals surface area contributed by atoms with Crippen molar-refractivity contribution in [3.8, 4) is 0 Å². The number of aryl methyl sites for hydroxylation is 2. The van der Waals surface area contributed by atoms with Gasteiger partial charge in [0, 0.05) is 28.4 Å². The van der Waals surface area contributed by atoms with E-state index in [4.69, 9.17) is 11.6 Å². The van der Waals surface area contributed by atoms with Gasteiger partial charge in [0.1, 0.15) is 0 Å². The molecule has 0 bridgehead atoms. The number of nitrogens with zero attached hydrogens (tertiary/aromatic N) is 1. The van der Waals surface area contributed by atoms with Crippen LogP contribution in [-0.4, -0.2) is 4.57 Å². The normalized spacial score (nSPS) is 11.4. The summed E-state index contributed by atoms with van der Waals surface area (Å²) in [5.41, 5.74) is 3.63. The van der Waals surface area contributed by atoms with Crippen LogP contribution in [0.5, 0.6) is 0 Å². The molecule has 0 saturated carbocycles. The van der Waals surface area contributed by atoms with Crippen LogP contribution in [0.4, 0.5) is 0 Å². The van der Waals surface area contributed by atoms with Gasteiger partial charge in [-0.2, -0.15) is 0 Å². The van der Waals surface area contributed by atoms with Crippen molar-refractivity contribution in [1.29, 1.82) is 0 Å². The Bertz CT molecular complexity index is 695. The van der Waals surface area contributed by atoms with E-state index in [0.717, 1.165) is 10.6 Å². The first kappa shape index (κ1) is 9.73. The largest absolute Gasteiger partial charge is 0.343 e. The highest BCUT2D eigenvalue weighted by Gasteiger charge is 2.10. The lowest BCUT2D eigenvalue weighted by atomic mass is 10.1. The number of halogens is 1. The van der Waals surface area contributed by atoms with E-state index in [0.29, 0.717) is 0 Å². The van der Waals surface area contributed by atoms with Crippen LogP contribution < -0.4 is 0 Å². The van der Waals surface area contributed by atoms with Gasteiger partial charge in [-0.1, -0.05) is 35.9 Å². The molecule has 80 valence electrons. The third-order valence-corrected chi connectivity index (χ3v) is 3.67. The summed E-state index contributed by atoms with van der Waals surface area (Å²) in [5, 5.41) is 3.40. The van der Waals surface area contributed by atoms with Crippen LogP contribution in [0.1, 0.15) is 5.56 Å². The first-order chi connectivity index (χ1) is 7.70. The summed E-state index contributed by atoms with van der Waals surface area (Å²) in [5.74, 6) is 0. The van der Waals surface area contributed by atoms with Gasteiger partial charge in [0.15, 0.2) is 0 Å². The molecule has 0 aliphatic rings. The van der Waals surface area contributed by atoms with Crippen molar-refractivity contribution in [3.63, 3.8) is 0 Å². The maximum absolute atomic E-state index is 6.17. The minimum Gasteiger partial charge on any atom is -0.343 e. The number of rotatable bonds is 0. The van der Waals surface area contributed by atoms with Gasteiger partial charge in [0.2, 0.25) is 0 Å². The molecule has 0 aliphatic heterocycles. The molecule has 0 unspecified atom stereocenters. The highest BCUT2D eigenvalue weighted by Crippen LogP contribution is 2.32. The van der Waals surface area contributed by atoms with Crippen molar-refractivity contribution >= 4 is 33.4 Å². The van der Waals surface area contributed by atoms with Crippen LogP contribution in [-0.2, 0) is 7.05 Å². The summed E-state index contributed by atoms with van der Waals surface area (Å²) >= 11 is 6.17. The molecule has 1 heterocycles. The van der Waals surface area contributed by atoms with E-state index in [-0.39, 0.29) is 0 Å². The molecule has 1 aromatic heterocycles. The Morgan fingerprint density at radius 3 is 2.56 bits per heavy atom. The molecule has 2 aromatic carbocycles. The minimum absolute atomic E-state index is 0.832. The van der Waals surface area contributed by atoms with Gasteiger partial charge >= 0.3 is 0 Å². The van der Waals surface area contributed by atoms with E-state index in [1.165, 1.54) is 21.8 Å². The van der Waals surface area contributed by atoms with E-state index in [9.17, 15) is 0 Å². The Morgan fingerprint density at radius 2 is 1.75 bits per heavy atom. The molecule has 16 heavy (non-hydrogen) atoms. The van der Waals surface area contributed by atoms with E-state index in [1.54, 1.807) is 0 Å². The molecule has 3 aromatic rings. The molecule has 0 spiro atoms. The maximum atomic E-state index is 6.17. The Kier molecular flexibility index (Phi) is 1.98. The third kappa shape index (κ3) is 1.12. The molecule has 0 aliphatic carbocycles. The Hall–Kier alpha value is -1.47. The van der Waals surface area contributed by atoms with Crippen molar-refractivity contribution < 1.29 is 0 Å². The zero-order valence-electron chi connectivity index (χ0n) is 9.29. The molecule has 0 amide bonds. The van der Waals surface area contributed by atoms with Crippen molar-refractivity contribution in [1.82, 2.24) is 4.57 Å². The standard InChI is InChI=1S/C14H12ClN/c1-9-12(15)8-7-11-10-5-3-4-6-13(10)16(2)14(9)11/h3-8H,1-2H3. The van der Waals surface area contributed by atoms with Crippen molar-refractivity contribution in [2.24, 2.45) is 7.05 Å². The second kappa shape index (κ2) is 3.26. The molecular weight excluding hydrogens is 218 g/mol. The number of aromatic nitrogens is 1.